The molecule has 0 aromatic heterocycles. The van der Waals surface area contributed by atoms with Crippen LogP contribution in [0, 0.1) is 0 Å². The molecule has 0 amide bonds. The van der Waals surface area contributed by atoms with E-state index in [1.54, 1.807) is 0 Å². The van der Waals surface area contributed by atoms with Crippen molar-refractivity contribution in [2.45, 2.75) is 44.4 Å². The van der Waals surface area contributed by atoms with Crippen LogP contribution in [0.1, 0.15) is 44.6 Å². The van der Waals surface area contributed by atoms with E-state index in [0.29, 0.717) is 6.42 Å². The van der Waals surface area contributed by atoms with E-state index in [1.165, 1.54) is 18.4 Å². The van der Waals surface area contributed by atoms with E-state index in [4.69, 9.17) is 5.11 Å². The summed E-state index contributed by atoms with van der Waals surface area (Å²) in [7, 11) is 0. The Kier molecular flexibility index (Phi) is 5.18. The first kappa shape index (κ1) is 15.0. The number of nitrogens with zero attached hydrogens (tertiary/aromatic N) is 1. The molecule has 1 heterocycles. The maximum atomic E-state index is 10.5. The van der Waals surface area contributed by atoms with Gasteiger partial charge in [-0.3, -0.25) is 4.79 Å². The normalized spacial score (nSPS) is 23.6. The van der Waals surface area contributed by atoms with Crippen LogP contribution in [0.3, 0.4) is 0 Å². The highest BCUT2D eigenvalue weighted by Gasteiger charge is 2.32. The Morgan fingerprint density at radius 3 is 2.75 bits per heavy atom. The molecule has 0 saturated carbocycles. The number of benzene rings is 1. The van der Waals surface area contributed by atoms with Crippen LogP contribution in [0.2, 0.25) is 0 Å². The third-order valence-electron chi connectivity index (χ3n) is 4.36. The maximum Gasteiger partial charge on any atom is 0.303 e. The number of aliphatic carboxylic acids is 1. The fourth-order valence-corrected chi connectivity index (χ4v) is 3.22. The number of carboxylic acid groups (broad SMARTS) is 1. The Balaban J connectivity index is 1.87. The van der Waals surface area contributed by atoms with Gasteiger partial charge in [-0.15, -0.1) is 0 Å². The average molecular weight is 275 g/mol. The molecule has 3 nitrogen and oxygen atoms in total. The number of likely N-dealkylation sites (tertiary alicyclic amines) is 1. The first-order valence-corrected chi connectivity index (χ1v) is 7.60. The highest BCUT2D eigenvalue weighted by atomic mass is 16.4. The van der Waals surface area contributed by atoms with Gasteiger partial charge in [0.05, 0.1) is 0 Å². The standard InChI is InChI=1S/C17H25NO2/c1-17(15-8-3-2-4-9-15)11-7-13-18(14-17)12-6-5-10-16(19)20/h2-4,8-9H,5-7,10-14H2,1H3,(H,19,20). The largest absolute Gasteiger partial charge is 0.481 e. The van der Waals surface area contributed by atoms with Gasteiger partial charge in [-0.05, 0) is 44.3 Å². The van der Waals surface area contributed by atoms with Gasteiger partial charge < -0.3 is 10.0 Å². The molecule has 1 unspecified atom stereocenters. The van der Waals surface area contributed by atoms with Crippen LogP contribution in [0.25, 0.3) is 0 Å². The molecule has 1 aliphatic rings. The smallest absolute Gasteiger partial charge is 0.303 e. The number of unbranched alkanes of at least 4 members (excludes halogenated alkanes) is 1. The van der Waals surface area contributed by atoms with Gasteiger partial charge in [-0.1, -0.05) is 37.3 Å². The van der Waals surface area contributed by atoms with Crippen LogP contribution < -0.4 is 0 Å². The number of carboxylic acids is 1. The summed E-state index contributed by atoms with van der Waals surface area (Å²) < 4.78 is 0. The first-order valence-electron chi connectivity index (χ1n) is 7.60. The highest BCUT2D eigenvalue weighted by Crippen LogP contribution is 2.33. The first-order chi connectivity index (χ1) is 9.60. The molecule has 110 valence electrons. The van der Waals surface area contributed by atoms with Gasteiger partial charge in [0, 0.05) is 18.4 Å². The van der Waals surface area contributed by atoms with Crippen LogP contribution in [-0.2, 0) is 10.2 Å². The molecule has 2 rings (SSSR count). The molecule has 0 spiro atoms. The molecule has 1 atom stereocenters. The Morgan fingerprint density at radius 2 is 2.05 bits per heavy atom. The molecule has 1 N–H and O–H groups in total. The van der Waals surface area contributed by atoms with Gasteiger partial charge >= 0.3 is 5.97 Å². The number of hydrogen-bond acceptors (Lipinski definition) is 2. The summed E-state index contributed by atoms with van der Waals surface area (Å²) in [5.41, 5.74) is 1.67. The zero-order chi connectivity index (χ0) is 14.4. The third kappa shape index (κ3) is 4.07. The van der Waals surface area contributed by atoms with Crippen molar-refractivity contribution in [1.82, 2.24) is 4.90 Å². The van der Waals surface area contributed by atoms with Gasteiger partial charge in [0.25, 0.3) is 0 Å². The van der Waals surface area contributed by atoms with Gasteiger partial charge in [0.2, 0.25) is 0 Å². The molecule has 0 aliphatic carbocycles. The van der Waals surface area contributed by atoms with Crippen molar-refractivity contribution in [3.8, 4) is 0 Å². The van der Waals surface area contributed by atoms with E-state index in [9.17, 15) is 4.79 Å². The molecule has 1 aromatic carbocycles. The average Bonchev–Trinajstić information content (AvgIpc) is 2.45. The molecular formula is C17H25NO2. The summed E-state index contributed by atoms with van der Waals surface area (Å²) in [5, 5.41) is 8.67. The number of rotatable bonds is 6. The maximum absolute atomic E-state index is 10.5. The minimum Gasteiger partial charge on any atom is -0.481 e. The zero-order valence-corrected chi connectivity index (χ0v) is 12.3. The number of piperidine rings is 1. The Bertz CT molecular complexity index is 432. The van der Waals surface area contributed by atoms with E-state index in [0.717, 1.165) is 32.5 Å². The lowest BCUT2D eigenvalue weighted by atomic mass is 9.76. The highest BCUT2D eigenvalue weighted by molar-refractivity contribution is 5.66. The van der Waals surface area contributed by atoms with Crippen LogP contribution in [-0.4, -0.2) is 35.6 Å². The van der Waals surface area contributed by atoms with E-state index in [-0.39, 0.29) is 5.41 Å². The van der Waals surface area contributed by atoms with Gasteiger partial charge in [0.1, 0.15) is 0 Å². The Hall–Kier alpha value is -1.35. The van der Waals surface area contributed by atoms with Crippen molar-refractivity contribution in [2.24, 2.45) is 0 Å². The van der Waals surface area contributed by atoms with Crippen molar-refractivity contribution in [2.75, 3.05) is 19.6 Å². The van der Waals surface area contributed by atoms with Gasteiger partial charge in [-0.25, -0.2) is 0 Å². The predicted molar refractivity (Wildman–Crippen MR) is 81.0 cm³/mol. The second-order valence-electron chi connectivity index (χ2n) is 6.16. The van der Waals surface area contributed by atoms with Crippen molar-refractivity contribution in [1.29, 1.82) is 0 Å². The minimum absolute atomic E-state index is 0.242. The fourth-order valence-electron chi connectivity index (χ4n) is 3.22. The van der Waals surface area contributed by atoms with Crippen molar-refractivity contribution < 1.29 is 9.90 Å². The molecule has 1 aromatic rings. The zero-order valence-electron chi connectivity index (χ0n) is 12.3. The summed E-state index contributed by atoms with van der Waals surface area (Å²) in [4.78, 5) is 13.0. The molecule has 0 bridgehead atoms. The summed E-state index contributed by atoms with van der Waals surface area (Å²) in [6.07, 6.45) is 4.53. The lowest BCUT2D eigenvalue weighted by Crippen LogP contribution is -2.44. The predicted octanol–water partition coefficient (Wildman–Crippen LogP) is 3.30. The van der Waals surface area contributed by atoms with Crippen LogP contribution in [0.4, 0.5) is 0 Å². The van der Waals surface area contributed by atoms with Crippen molar-refractivity contribution in [3.63, 3.8) is 0 Å². The van der Waals surface area contributed by atoms with E-state index >= 15 is 0 Å². The van der Waals surface area contributed by atoms with Crippen LogP contribution in [0.15, 0.2) is 30.3 Å². The van der Waals surface area contributed by atoms with Crippen molar-refractivity contribution >= 4 is 5.97 Å². The molecule has 3 heteroatoms. The Morgan fingerprint density at radius 1 is 1.30 bits per heavy atom. The lowest BCUT2D eigenvalue weighted by Gasteiger charge is -2.41. The topological polar surface area (TPSA) is 40.5 Å². The summed E-state index contributed by atoms with van der Waals surface area (Å²) in [6.45, 7) is 5.61. The molecular weight excluding hydrogens is 250 g/mol. The monoisotopic (exact) mass is 275 g/mol. The fraction of sp³-hybridized carbons (Fsp3) is 0.588. The van der Waals surface area contributed by atoms with Gasteiger partial charge in [-0.2, -0.15) is 0 Å². The van der Waals surface area contributed by atoms with E-state index in [1.807, 2.05) is 0 Å². The second-order valence-corrected chi connectivity index (χ2v) is 6.16. The molecule has 1 fully saturated rings. The summed E-state index contributed by atoms with van der Waals surface area (Å²) in [6, 6.07) is 10.8. The second kappa shape index (κ2) is 6.89. The molecule has 1 aliphatic heterocycles. The Labute approximate surface area is 121 Å². The molecule has 20 heavy (non-hydrogen) atoms. The lowest BCUT2D eigenvalue weighted by molar-refractivity contribution is -0.137. The minimum atomic E-state index is -0.683. The SMILES string of the molecule is CC1(c2ccccc2)CCCN(CCCCC(=O)O)C1. The molecule has 1 saturated heterocycles. The quantitative estimate of drug-likeness (QED) is 0.810. The number of hydrogen-bond donors (Lipinski definition) is 1. The van der Waals surface area contributed by atoms with E-state index < -0.39 is 5.97 Å². The summed E-state index contributed by atoms with van der Waals surface area (Å²) >= 11 is 0. The summed E-state index contributed by atoms with van der Waals surface area (Å²) in [5.74, 6) is -0.683. The van der Waals surface area contributed by atoms with Crippen LogP contribution in [0.5, 0.6) is 0 Å². The molecule has 0 radical (unpaired) electrons. The number of carbonyl (C=O) groups is 1. The van der Waals surface area contributed by atoms with Gasteiger partial charge in [0.15, 0.2) is 0 Å². The van der Waals surface area contributed by atoms with E-state index in [2.05, 4.69) is 42.2 Å². The van der Waals surface area contributed by atoms with Crippen molar-refractivity contribution in [3.05, 3.63) is 35.9 Å². The third-order valence-corrected chi connectivity index (χ3v) is 4.36. The van der Waals surface area contributed by atoms with Crippen LogP contribution >= 0.6 is 0 Å².